The molecule has 0 fully saturated rings. The highest BCUT2D eigenvalue weighted by molar-refractivity contribution is 7.45. The zero-order valence-electron chi connectivity index (χ0n) is 46.5. The van der Waals surface area contributed by atoms with E-state index in [9.17, 15) is 19.0 Å². The highest BCUT2D eigenvalue weighted by Crippen LogP contribution is 2.38. The molecule has 0 heterocycles. The lowest BCUT2D eigenvalue weighted by molar-refractivity contribution is -0.870. The number of unbranched alkanes of at least 4 members (excludes halogenated alkanes) is 28. The fourth-order valence-electron chi connectivity index (χ4n) is 8.11. The van der Waals surface area contributed by atoms with Crippen LogP contribution in [0.25, 0.3) is 0 Å². The van der Waals surface area contributed by atoms with E-state index >= 15 is 0 Å². The Bertz CT molecular complexity index is 1390. The van der Waals surface area contributed by atoms with Crippen molar-refractivity contribution in [2.75, 3.05) is 40.9 Å². The van der Waals surface area contributed by atoms with E-state index in [4.69, 9.17) is 13.8 Å². The van der Waals surface area contributed by atoms with Crippen LogP contribution >= 0.6 is 7.82 Å². The summed E-state index contributed by atoms with van der Waals surface area (Å²) in [6.07, 6.45) is 61.8. The van der Waals surface area contributed by atoms with Gasteiger partial charge in [0.05, 0.1) is 33.8 Å². The van der Waals surface area contributed by atoms with Crippen LogP contribution in [0.4, 0.5) is 0 Å². The molecule has 0 aliphatic rings. The maximum Gasteiger partial charge on any atom is 0.306 e. The number of hydrogen-bond acceptors (Lipinski definition) is 7. The molecule has 70 heavy (non-hydrogen) atoms. The van der Waals surface area contributed by atoms with E-state index in [1.807, 2.05) is 33.3 Å². The van der Waals surface area contributed by atoms with E-state index in [0.717, 1.165) is 83.5 Å². The summed E-state index contributed by atoms with van der Waals surface area (Å²) in [5.74, 6) is -0.573. The van der Waals surface area contributed by atoms with Gasteiger partial charge in [0, 0.05) is 12.8 Å². The van der Waals surface area contributed by atoms with Crippen LogP contribution in [0.5, 0.6) is 0 Å². The molecule has 0 bridgehead atoms. The molecule has 0 saturated heterocycles. The van der Waals surface area contributed by atoms with Gasteiger partial charge in [0.1, 0.15) is 19.3 Å². The van der Waals surface area contributed by atoms with E-state index in [1.165, 1.54) is 128 Å². The Hall–Kier alpha value is -2.29. The first-order valence-electron chi connectivity index (χ1n) is 29.1. The topological polar surface area (TPSA) is 114 Å². The monoisotopic (exact) mass is 1000 g/mol. The fourth-order valence-corrected chi connectivity index (χ4v) is 8.83. The molecule has 1 amide bonds. The smallest absolute Gasteiger partial charge is 0.306 e. The van der Waals surface area contributed by atoms with E-state index in [2.05, 4.69) is 74.7 Å². The Morgan fingerprint density at radius 2 is 0.871 bits per heavy atom. The molecular weight excluding hydrogens is 892 g/mol. The second-order valence-electron chi connectivity index (χ2n) is 20.8. The van der Waals surface area contributed by atoms with Crippen LogP contribution < -0.4 is 10.2 Å². The van der Waals surface area contributed by atoms with E-state index in [0.29, 0.717) is 30.3 Å². The predicted octanol–water partition coefficient (Wildman–Crippen LogP) is 16.9. The molecule has 3 unspecified atom stereocenters. The minimum absolute atomic E-state index is 0.0285. The Kier molecular flexibility index (Phi) is 48.6. The Morgan fingerprint density at radius 3 is 1.36 bits per heavy atom. The van der Waals surface area contributed by atoms with Crippen molar-refractivity contribution in [3.63, 3.8) is 0 Å². The summed E-state index contributed by atoms with van der Waals surface area (Å²) in [5, 5.41) is 3.01. The first kappa shape index (κ1) is 67.7. The second kappa shape index (κ2) is 50.3. The van der Waals surface area contributed by atoms with E-state index < -0.39 is 26.6 Å². The maximum atomic E-state index is 13.5. The quantitative estimate of drug-likeness (QED) is 0.0212. The van der Waals surface area contributed by atoms with Gasteiger partial charge in [-0.25, -0.2) is 0 Å². The van der Waals surface area contributed by atoms with Crippen LogP contribution in [-0.4, -0.2) is 69.4 Å². The lowest BCUT2D eigenvalue weighted by Gasteiger charge is -2.30. The standard InChI is InChI=1S/C60H111N2O7P/c1-7-10-13-16-19-22-25-27-29-30-31-32-33-35-38-41-44-47-50-53-60(64)69-58(51-48-45-42-39-36-24-21-18-15-12-9-3)57(56-68-70(65,66)67-55-54-62(4,5)6)61-59(63)52-49-46-43-40-37-34-28-26-23-20-17-14-11-8-2/h19,22,27,29,31-32,34,37,48,51,57-58H,7-18,20-21,23-26,28,30,33,35-36,38-47,49-50,52-56H2,1-6H3,(H-,61,63,65,66)/b22-19-,29-27-,32-31-,37-34-,51-48+. The number of carbonyl (C=O) groups is 2. The molecular formula is C60H111N2O7P. The molecule has 10 heteroatoms. The number of ether oxygens (including phenoxy) is 1. The Labute approximate surface area is 432 Å². The normalized spacial score (nSPS) is 14.2. The third-order valence-electron chi connectivity index (χ3n) is 12.7. The van der Waals surface area contributed by atoms with Crippen molar-refractivity contribution in [1.82, 2.24) is 5.32 Å². The molecule has 0 radical (unpaired) electrons. The first-order valence-corrected chi connectivity index (χ1v) is 30.6. The third kappa shape index (κ3) is 50.6. The largest absolute Gasteiger partial charge is 0.756 e. The number of phosphoric ester groups is 1. The number of carbonyl (C=O) groups excluding carboxylic acids is 2. The van der Waals surface area contributed by atoms with Crippen LogP contribution in [0.3, 0.4) is 0 Å². The molecule has 0 saturated carbocycles. The summed E-state index contributed by atoms with van der Waals surface area (Å²) in [6.45, 7) is 6.78. The van der Waals surface area contributed by atoms with Crippen molar-refractivity contribution in [2.45, 2.75) is 270 Å². The number of esters is 1. The van der Waals surface area contributed by atoms with Gasteiger partial charge >= 0.3 is 5.97 Å². The molecule has 1 N–H and O–H groups in total. The highest BCUT2D eigenvalue weighted by atomic mass is 31.2. The number of quaternary nitrogens is 1. The number of hydrogen-bond donors (Lipinski definition) is 1. The minimum atomic E-state index is -4.70. The Balaban J connectivity index is 5.33. The third-order valence-corrected chi connectivity index (χ3v) is 13.6. The predicted molar refractivity (Wildman–Crippen MR) is 298 cm³/mol. The van der Waals surface area contributed by atoms with Gasteiger partial charge < -0.3 is 28.5 Å². The molecule has 0 spiro atoms. The molecule has 0 aliphatic carbocycles. The molecule has 0 rings (SSSR count). The van der Waals surface area contributed by atoms with Gasteiger partial charge in [-0.1, -0.05) is 210 Å². The zero-order chi connectivity index (χ0) is 51.5. The zero-order valence-corrected chi connectivity index (χ0v) is 47.4. The van der Waals surface area contributed by atoms with Gasteiger partial charge in [0.2, 0.25) is 5.91 Å². The number of nitrogens with one attached hydrogen (secondary N) is 1. The first-order chi connectivity index (χ1) is 33.9. The van der Waals surface area contributed by atoms with Crippen LogP contribution in [0.1, 0.15) is 258 Å². The van der Waals surface area contributed by atoms with Gasteiger partial charge in [-0.3, -0.25) is 14.2 Å². The lowest BCUT2D eigenvalue weighted by Crippen LogP contribution is -2.47. The number of phosphoric acid groups is 1. The molecule has 408 valence electrons. The molecule has 3 atom stereocenters. The summed E-state index contributed by atoms with van der Waals surface area (Å²) in [7, 11) is 1.16. The number of nitrogens with zero attached hydrogens (tertiary/aromatic N) is 1. The maximum absolute atomic E-state index is 13.5. The summed E-state index contributed by atoms with van der Waals surface area (Å²) in [4.78, 5) is 39.8. The number of amides is 1. The van der Waals surface area contributed by atoms with Crippen molar-refractivity contribution in [1.29, 1.82) is 0 Å². The van der Waals surface area contributed by atoms with Crippen molar-refractivity contribution in [3.05, 3.63) is 60.8 Å². The van der Waals surface area contributed by atoms with Crippen molar-refractivity contribution in [2.24, 2.45) is 0 Å². The number of rotatable bonds is 52. The fraction of sp³-hybridized carbons (Fsp3) is 0.800. The summed E-state index contributed by atoms with van der Waals surface area (Å²) in [6, 6.07) is -0.901. The van der Waals surface area contributed by atoms with Crippen molar-refractivity contribution < 1.29 is 37.3 Å². The van der Waals surface area contributed by atoms with Crippen LogP contribution in [0.2, 0.25) is 0 Å². The second-order valence-corrected chi connectivity index (χ2v) is 22.2. The molecule has 0 aromatic carbocycles. The van der Waals surface area contributed by atoms with Gasteiger partial charge in [0.15, 0.2) is 0 Å². The molecule has 0 aromatic heterocycles. The van der Waals surface area contributed by atoms with Crippen molar-refractivity contribution in [3.8, 4) is 0 Å². The van der Waals surface area contributed by atoms with Crippen LogP contribution in [0, 0.1) is 0 Å². The Morgan fingerprint density at radius 1 is 0.500 bits per heavy atom. The van der Waals surface area contributed by atoms with Gasteiger partial charge in [-0.05, 0) is 96.0 Å². The molecule has 0 aliphatic heterocycles. The summed E-state index contributed by atoms with van der Waals surface area (Å²) >= 11 is 0. The highest BCUT2D eigenvalue weighted by Gasteiger charge is 2.27. The van der Waals surface area contributed by atoms with Gasteiger partial charge in [0.25, 0.3) is 7.82 Å². The number of allylic oxidation sites excluding steroid dienone is 9. The van der Waals surface area contributed by atoms with E-state index in [1.54, 1.807) is 0 Å². The van der Waals surface area contributed by atoms with Crippen LogP contribution in [0.15, 0.2) is 60.8 Å². The van der Waals surface area contributed by atoms with Crippen LogP contribution in [-0.2, 0) is 27.9 Å². The average molecular weight is 1000 g/mol. The molecule has 9 nitrogen and oxygen atoms in total. The minimum Gasteiger partial charge on any atom is -0.756 e. The average Bonchev–Trinajstić information content (AvgIpc) is 3.32. The van der Waals surface area contributed by atoms with Gasteiger partial charge in [-0.15, -0.1) is 0 Å². The van der Waals surface area contributed by atoms with Gasteiger partial charge in [-0.2, -0.15) is 0 Å². The number of likely N-dealkylation sites (N-methyl/N-ethyl adjacent to an activating group) is 1. The summed E-state index contributed by atoms with van der Waals surface area (Å²) < 4.78 is 30.2. The lowest BCUT2D eigenvalue weighted by atomic mass is 10.1. The van der Waals surface area contributed by atoms with E-state index in [-0.39, 0.29) is 24.9 Å². The summed E-state index contributed by atoms with van der Waals surface area (Å²) in [5.41, 5.74) is 0. The molecule has 0 aromatic rings. The SMILES string of the molecule is CCCCC/C=C\C/C=C\C/C=C\CCCCCCCCC(=O)OC(/C=C/CCCCCCCCCCC)C(COP(=O)([O-])OCC[N+](C)(C)C)NC(=O)CCCCC/C=C\CCCCCCCCC. The van der Waals surface area contributed by atoms with Crippen molar-refractivity contribution >= 4 is 19.7 Å².